The van der Waals surface area contributed by atoms with Crippen LogP contribution in [0.2, 0.25) is 0 Å². The van der Waals surface area contributed by atoms with Crippen molar-refractivity contribution in [3.63, 3.8) is 0 Å². The van der Waals surface area contributed by atoms with Crippen LogP contribution in [0.25, 0.3) is 0 Å². The molecule has 19 heavy (non-hydrogen) atoms. The van der Waals surface area contributed by atoms with E-state index in [0.717, 1.165) is 6.54 Å². The molecule has 2 rings (SSSR count). The van der Waals surface area contributed by atoms with Gasteiger partial charge < -0.3 is 10.2 Å². The van der Waals surface area contributed by atoms with Gasteiger partial charge in [0, 0.05) is 10.9 Å². The molecule has 1 aromatic heterocycles. The smallest absolute Gasteiger partial charge is 0.0900 e. The predicted octanol–water partition coefficient (Wildman–Crippen LogP) is 3.29. The van der Waals surface area contributed by atoms with Gasteiger partial charge in [-0.05, 0) is 66.2 Å². The molecule has 1 fully saturated rings. The molecule has 0 amide bonds. The molecule has 2 heterocycles. The van der Waals surface area contributed by atoms with Crippen molar-refractivity contribution < 1.29 is 0 Å². The summed E-state index contributed by atoms with van der Waals surface area (Å²) in [7, 11) is 0. The fourth-order valence-corrected chi connectivity index (χ4v) is 3.80. The molecule has 0 spiro atoms. The lowest BCUT2D eigenvalue weighted by molar-refractivity contribution is 0.225. The normalized spacial score (nSPS) is 18.7. The van der Waals surface area contributed by atoms with Gasteiger partial charge in [0.25, 0.3) is 0 Å². The van der Waals surface area contributed by atoms with E-state index in [9.17, 15) is 0 Å². The summed E-state index contributed by atoms with van der Waals surface area (Å²) in [4.78, 5) is 8.51. The molecule has 1 N–H and O–H groups in total. The Labute approximate surface area is 121 Å². The van der Waals surface area contributed by atoms with Crippen LogP contribution in [0.4, 0.5) is 0 Å². The number of thiazole rings is 1. The minimum absolute atomic E-state index is 0.438. The molecule has 4 heteroatoms. The highest BCUT2D eigenvalue weighted by atomic mass is 32.1. The number of hydrogen-bond donors (Lipinski definition) is 1. The molecule has 1 saturated heterocycles. The van der Waals surface area contributed by atoms with Gasteiger partial charge in [0.15, 0.2) is 0 Å². The summed E-state index contributed by atoms with van der Waals surface area (Å²) in [5.74, 6) is 0. The summed E-state index contributed by atoms with van der Waals surface area (Å²) >= 11 is 1.82. The molecule has 1 aliphatic heterocycles. The van der Waals surface area contributed by atoms with Crippen LogP contribution >= 0.6 is 11.3 Å². The zero-order valence-electron chi connectivity index (χ0n) is 12.5. The molecule has 0 aliphatic carbocycles. The van der Waals surface area contributed by atoms with Crippen molar-refractivity contribution in [1.82, 2.24) is 15.2 Å². The second kappa shape index (κ2) is 7.36. The SMILES string of the molecule is Cc1nc(C)c(C(C)NCCCN2CCCCC2)s1. The first-order valence-corrected chi connectivity index (χ1v) is 8.38. The lowest BCUT2D eigenvalue weighted by atomic mass is 10.1. The molecule has 0 bridgehead atoms. The maximum absolute atomic E-state index is 4.50. The zero-order chi connectivity index (χ0) is 13.7. The van der Waals surface area contributed by atoms with Crippen molar-refractivity contribution in [2.24, 2.45) is 0 Å². The third-order valence-electron chi connectivity index (χ3n) is 3.88. The fourth-order valence-electron chi connectivity index (χ4n) is 2.85. The van der Waals surface area contributed by atoms with Gasteiger partial charge in [0.05, 0.1) is 10.7 Å². The van der Waals surface area contributed by atoms with E-state index in [-0.39, 0.29) is 0 Å². The highest BCUT2D eigenvalue weighted by Gasteiger charge is 2.13. The van der Waals surface area contributed by atoms with Crippen LogP contribution in [0.3, 0.4) is 0 Å². The molecule has 108 valence electrons. The van der Waals surface area contributed by atoms with Crippen molar-refractivity contribution in [1.29, 1.82) is 0 Å². The lowest BCUT2D eigenvalue weighted by Crippen LogP contribution is -2.32. The highest BCUT2D eigenvalue weighted by molar-refractivity contribution is 7.11. The average Bonchev–Trinajstić information content (AvgIpc) is 2.75. The Morgan fingerprint density at radius 2 is 2.00 bits per heavy atom. The summed E-state index contributed by atoms with van der Waals surface area (Å²) in [6.45, 7) is 11.4. The number of hydrogen-bond acceptors (Lipinski definition) is 4. The van der Waals surface area contributed by atoms with Gasteiger partial charge in [-0.25, -0.2) is 4.98 Å². The molecule has 1 atom stereocenters. The quantitative estimate of drug-likeness (QED) is 0.811. The van der Waals surface area contributed by atoms with Gasteiger partial charge in [0.2, 0.25) is 0 Å². The first kappa shape index (κ1) is 14.9. The molecule has 0 aromatic carbocycles. The first-order valence-electron chi connectivity index (χ1n) is 7.56. The second-order valence-corrected chi connectivity index (χ2v) is 6.85. The molecule has 1 unspecified atom stereocenters. The monoisotopic (exact) mass is 281 g/mol. The van der Waals surface area contributed by atoms with E-state index in [1.807, 2.05) is 11.3 Å². The summed E-state index contributed by atoms with van der Waals surface area (Å²) in [6.07, 6.45) is 5.46. The fraction of sp³-hybridized carbons (Fsp3) is 0.800. The standard InChI is InChI=1S/C15H27N3S/c1-12(15-13(2)17-14(3)19-15)16-8-7-11-18-9-5-4-6-10-18/h12,16H,4-11H2,1-3H3. The van der Waals surface area contributed by atoms with E-state index in [1.54, 1.807) is 0 Å². The van der Waals surface area contributed by atoms with Crippen molar-refractivity contribution in [2.75, 3.05) is 26.2 Å². The molecule has 3 nitrogen and oxygen atoms in total. The van der Waals surface area contributed by atoms with Crippen LogP contribution in [0.1, 0.15) is 54.2 Å². The zero-order valence-corrected chi connectivity index (χ0v) is 13.4. The number of nitrogens with one attached hydrogen (secondary N) is 1. The number of likely N-dealkylation sites (tertiary alicyclic amines) is 1. The minimum Gasteiger partial charge on any atom is -0.309 e. The lowest BCUT2D eigenvalue weighted by Gasteiger charge is -2.26. The Hall–Kier alpha value is -0.450. The number of piperidine rings is 1. The van der Waals surface area contributed by atoms with Crippen LogP contribution in [-0.4, -0.2) is 36.1 Å². The van der Waals surface area contributed by atoms with E-state index in [2.05, 4.69) is 36.0 Å². The molecular formula is C15H27N3S. The van der Waals surface area contributed by atoms with Gasteiger partial charge in [-0.1, -0.05) is 6.42 Å². The Morgan fingerprint density at radius 3 is 2.63 bits per heavy atom. The number of rotatable bonds is 6. The van der Waals surface area contributed by atoms with Crippen molar-refractivity contribution in [2.45, 2.75) is 52.5 Å². The molecule has 1 aromatic rings. The van der Waals surface area contributed by atoms with Gasteiger partial charge in [0.1, 0.15) is 0 Å². The second-order valence-electron chi connectivity index (χ2n) is 5.61. The highest BCUT2D eigenvalue weighted by Crippen LogP contribution is 2.24. The molecule has 0 saturated carbocycles. The summed E-state index contributed by atoms with van der Waals surface area (Å²) in [5, 5.41) is 4.81. The Kier molecular flexibility index (Phi) is 5.79. The predicted molar refractivity (Wildman–Crippen MR) is 82.9 cm³/mol. The van der Waals surface area contributed by atoms with E-state index in [0.29, 0.717) is 6.04 Å². The Balaban J connectivity index is 1.66. The number of aromatic nitrogens is 1. The Bertz CT molecular complexity index is 383. The summed E-state index contributed by atoms with van der Waals surface area (Å²) in [6, 6.07) is 0.438. The van der Waals surface area contributed by atoms with Gasteiger partial charge in [-0.3, -0.25) is 0 Å². The molecular weight excluding hydrogens is 254 g/mol. The number of aryl methyl sites for hydroxylation is 2. The van der Waals surface area contributed by atoms with E-state index < -0.39 is 0 Å². The van der Waals surface area contributed by atoms with E-state index >= 15 is 0 Å². The van der Waals surface area contributed by atoms with Gasteiger partial charge in [-0.15, -0.1) is 11.3 Å². The van der Waals surface area contributed by atoms with Crippen LogP contribution in [0.5, 0.6) is 0 Å². The maximum Gasteiger partial charge on any atom is 0.0900 e. The third-order valence-corrected chi connectivity index (χ3v) is 5.14. The topological polar surface area (TPSA) is 28.2 Å². The summed E-state index contributed by atoms with van der Waals surface area (Å²) < 4.78 is 0. The minimum atomic E-state index is 0.438. The van der Waals surface area contributed by atoms with Crippen LogP contribution in [0.15, 0.2) is 0 Å². The van der Waals surface area contributed by atoms with Gasteiger partial charge >= 0.3 is 0 Å². The third kappa shape index (κ3) is 4.55. The van der Waals surface area contributed by atoms with E-state index in [1.165, 1.54) is 60.9 Å². The molecule has 1 aliphatic rings. The largest absolute Gasteiger partial charge is 0.309 e. The number of nitrogens with zero attached hydrogens (tertiary/aromatic N) is 2. The van der Waals surface area contributed by atoms with Crippen molar-refractivity contribution in [3.8, 4) is 0 Å². The van der Waals surface area contributed by atoms with E-state index in [4.69, 9.17) is 0 Å². The summed E-state index contributed by atoms with van der Waals surface area (Å²) in [5.41, 5.74) is 1.19. The van der Waals surface area contributed by atoms with Crippen LogP contribution in [0, 0.1) is 13.8 Å². The van der Waals surface area contributed by atoms with Crippen LogP contribution in [-0.2, 0) is 0 Å². The van der Waals surface area contributed by atoms with Crippen molar-refractivity contribution in [3.05, 3.63) is 15.6 Å². The maximum atomic E-state index is 4.50. The average molecular weight is 281 g/mol. The van der Waals surface area contributed by atoms with Gasteiger partial charge in [-0.2, -0.15) is 0 Å². The first-order chi connectivity index (χ1) is 9.16. The Morgan fingerprint density at radius 1 is 1.26 bits per heavy atom. The van der Waals surface area contributed by atoms with Crippen molar-refractivity contribution >= 4 is 11.3 Å². The molecule has 0 radical (unpaired) electrons. The van der Waals surface area contributed by atoms with Crippen LogP contribution < -0.4 is 5.32 Å².